The maximum Gasteiger partial charge on any atom is 0.219 e. The highest BCUT2D eigenvalue weighted by Crippen LogP contribution is 1.93. The number of rotatable bonds is 7. The third-order valence-electron chi connectivity index (χ3n) is 2.93. The highest BCUT2D eigenvalue weighted by molar-refractivity contribution is 5.73. The quantitative estimate of drug-likeness (QED) is 0.644. The third-order valence-corrected chi connectivity index (χ3v) is 2.93. The third kappa shape index (κ3) is 7.74. The lowest BCUT2D eigenvalue weighted by Crippen LogP contribution is -2.35. The van der Waals surface area contributed by atoms with Gasteiger partial charge in [-0.15, -0.1) is 0 Å². The Balaban J connectivity index is 3.63. The molecule has 0 rings (SSSR count). The molecule has 17 heavy (non-hydrogen) atoms. The molecule has 0 radical (unpaired) electrons. The SMILES string of the molecule is CC(=O)N(C)CCCN(C)CCN(C)C(C)=O. The first-order chi connectivity index (χ1) is 7.84. The molecule has 0 atom stereocenters. The van der Waals surface area contributed by atoms with Crippen LogP contribution in [0, 0.1) is 0 Å². The van der Waals surface area contributed by atoms with Crippen LogP contribution in [0.2, 0.25) is 0 Å². The Hall–Kier alpha value is -1.10. The first-order valence-corrected chi connectivity index (χ1v) is 5.96. The van der Waals surface area contributed by atoms with Crippen LogP contribution < -0.4 is 0 Å². The van der Waals surface area contributed by atoms with Gasteiger partial charge in [0.15, 0.2) is 0 Å². The Morgan fingerprint density at radius 1 is 0.765 bits per heavy atom. The van der Waals surface area contributed by atoms with Crippen LogP contribution in [0.5, 0.6) is 0 Å². The fraction of sp³-hybridized carbons (Fsp3) is 0.833. The topological polar surface area (TPSA) is 43.9 Å². The standard InChI is InChI=1S/C12H25N3O2/c1-11(16)14(4)8-6-7-13(3)9-10-15(5)12(2)17/h6-10H2,1-5H3. The van der Waals surface area contributed by atoms with Gasteiger partial charge in [-0.3, -0.25) is 9.59 Å². The van der Waals surface area contributed by atoms with Crippen molar-refractivity contribution in [1.82, 2.24) is 14.7 Å². The van der Waals surface area contributed by atoms with E-state index >= 15 is 0 Å². The minimum Gasteiger partial charge on any atom is -0.346 e. The number of hydrogen-bond donors (Lipinski definition) is 0. The number of amides is 2. The molecule has 0 aromatic rings. The van der Waals surface area contributed by atoms with Crippen LogP contribution in [0.3, 0.4) is 0 Å². The summed E-state index contributed by atoms with van der Waals surface area (Å²) >= 11 is 0. The second-order valence-electron chi connectivity index (χ2n) is 4.54. The molecule has 0 heterocycles. The van der Waals surface area contributed by atoms with Crippen molar-refractivity contribution >= 4 is 11.8 Å². The van der Waals surface area contributed by atoms with Gasteiger partial charge in [0.2, 0.25) is 11.8 Å². The first-order valence-electron chi connectivity index (χ1n) is 5.96. The van der Waals surface area contributed by atoms with Gasteiger partial charge in [0, 0.05) is 47.6 Å². The predicted octanol–water partition coefficient (Wildman–Crippen LogP) is 0.265. The molecule has 0 fully saturated rings. The molecule has 2 amide bonds. The minimum atomic E-state index is 0.0923. The van der Waals surface area contributed by atoms with E-state index in [1.807, 2.05) is 14.1 Å². The largest absolute Gasteiger partial charge is 0.346 e. The molecule has 0 aliphatic rings. The van der Waals surface area contributed by atoms with E-state index in [0.717, 1.165) is 32.6 Å². The molecule has 0 unspecified atom stereocenters. The highest BCUT2D eigenvalue weighted by Gasteiger charge is 2.05. The Morgan fingerprint density at radius 2 is 1.24 bits per heavy atom. The number of hydrogen-bond acceptors (Lipinski definition) is 3. The molecule has 100 valence electrons. The molecule has 0 N–H and O–H groups in total. The Morgan fingerprint density at radius 3 is 1.71 bits per heavy atom. The van der Waals surface area contributed by atoms with E-state index in [9.17, 15) is 9.59 Å². The van der Waals surface area contributed by atoms with E-state index in [2.05, 4.69) is 4.90 Å². The Bertz CT molecular complexity index is 256. The van der Waals surface area contributed by atoms with Crippen molar-refractivity contribution in [1.29, 1.82) is 0 Å². The molecule has 5 heteroatoms. The van der Waals surface area contributed by atoms with Crippen LogP contribution in [-0.2, 0) is 9.59 Å². The zero-order valence-electron chi connectivity index (χ0n) is 11.7. The average molecular weight is 243 g/mol. The van der Waals surface area contributed by atoms with Gasteiger partial charge in [0.05, 0.1) is 0 Å². The number of likely N-dealkylation sites (N-methyl/N-ethyl adjacent to an activating group) is 2. The summed E-state index contributed by atoms with van der Waals surface area (Å²) in [4.78, 5) is 27.6. The van der Waals surface area contributed by atoms with Gasteiger partial charge in [0.25, 0.3) is 0 Å². The fourth-order valence-electron chi connectivity index (χ4n) is 1.33. The molecule has 0 aliphatic carbocycles. The summed E-state index contributed by atoms with van der Waals surface area (Å²) < 4.78 is 0. The van der Waals surface area contributed by atoms with E-state index in [-0.39, 0.29) is 11.8 Å². The van der Waals surface area contributed by atoms with Gasteiger partial charge < -0.3 is 14.7 Å². The summed E-state index contributed by atoms with van der Waals surface area (Å²) in [7, 11) is 5.65. The van der Waals surface area contributed by atoms with Crippen molar-refractivity contribution in [2.45, 2.75) is 20.3 Å². The maximum absolute atomic E-state index is 11.0. The second kappa shape index (κ2) is 8.06. The van der Waals surface area contributed by atoms with Crippen LogP contribution in [0.4, 0.5) is 0 Å². The summed E-state index contributed by atoms with van der Waals surface area (Å²) in [6, 6.07) is 0. The summed E-state index contributed by atoms with van der Waals surface area (Å²) in [5.74, 6) is 0.193. The second-order valence-corrected chi connectivity index (χ2v) is 4.54. The van der Waals surface area contributed by atoms with E-state index in [1.54, 1.807) is 30.7 Å². The molecule has 0 aromatic heterocycles. The van der Waals surface area contributed by atoms with Crippen molar-refractivity contribution < 1.29 is 9.59 Å². The van der Waals surface area contributed by atoms with Crippen molar-refractivity contribution in [2.75, 3.05) is 47.3 Å². The summed E-state index contributed by atoms with van der Waals surface area (Å²) in [6.45, 7) is 6.47. The van der Waals surface area contributed by atoms with Crippen LogP contribution in [0.1, 0.15) is 20.3 Å². The van der Waals surface area contributed by atoms with E-state index < -0.39 is 0 Å². The molecule has 0 spiro atoms. The van der Waals surface area contributed by atoms with E-state index in [0.29, 0.717) is 0 Å². The zero-order valence-corrected chi connectivity index (χ0v) is 11.7. The highest BCUT2D eigenvalue weighted by atomic mass is 16.2. The lowest BCUT2D eigenvalue weighted by Gasteiger charge is -2.22. The van der Waals surface area contributed by atoms with Crippen LogP contribution >= 0.6 is 0 Å². The molecule has 0 saturated heterocycles. The van der Waals surface area contributed by atoms with Gasteiger partial charge in [-0.2, -0.15) is 0 Å². The number of carbonyl (C=O) groups excluding carboxylic acids is 2. The number of nitrogens with zero attached hydrogens (tertiary/aromatic N) is 3. The smallest absolute Gasteiger partial charge is 0.219 e. The summed E-state index contributed by atoms with van der Waals surface area (Å²) in [6.07, 6.45) is 0.955. The van der Waals surface area contributed by atoms with Crippen LogP contribution in [-0.4, -0.2) is 73.8 Å². The Kier molecular flexibility index (Phi) is 7.54. The first kappa shape index (κ1) is 15.9. The van der Waals surface area contributed by atoms with Crippen molar-refractivity contribution in [2.24, 2.45) is 0 Å². The molecular weight excluding hydrogens is 218 g/mol. The van der Waals surface area contributed by atoms with Gasteiger partial charge in [0.1, 0.15) is 0 Å². The molecular formula is C12H25N3O2. The van der Waals surface area contributed by atoms with Crippen molar-refractivity contribution in [3.63, 3.8) is 0 Å². The molecule has 5 nitrogen and oxygen atoms in total. The van der Waals surface area contributed by atoms with Gasteiger partial charge >= 0.3 is 0 Å². The summed E-state index contributed by atoms with van der Waals surface area (Å²) in [5, 5.41) is 0. The van der Waals surface area contributed by atoms with Crippen molar-refractivity contribution in [3.8, 4) is 0 Å². The summed E-state index contributed by atoms with van der Waals surface area (Å²) in [5.41, 5.74) is 0. The minimum absolute atomic E-state index is 0.0923. The molecule has 0 aromatic carbocycles. The van der Waals surface area contributed by atoms with E-state index in [4.69, 9.17) is 0 Å². The lowest BCUT2D eigenvalue weighted by molar-refractivity contribution is -0.128. The predicted molar refractivity (Wildman–Crippen MR) is 68.7 cm³/mol. The molecule has 0 bridgehead atoms. The van der Waals surface area contributed by atoms with Crippen molar-refractivity contribution in [3.05, 3.63) is 0 Å². The van der Waals surface area contributed by atoms with Gasteiger partial charge in [-0.05, 0) is 20.0 Å². The molecule has 0 saturated carbocycles. The zero-order chi connectivity index (χ0) is 13.4. The van der Waals surface area contributed by atoms with E-state index in [1.165, 1.54) is 0 Å². The van der Waals surface area contributed by atoms with Crippen LogP contribution in [0.15, 0.2) is 0 Å². The van der Waals surface area contributed by atoms with Gasteiger partial charge in [-0.25, -0.2) is 0 Å². The Labute approximate surface area is 104 Å². The number of carbonyl (C=O) groups is 2. The average Bonchev–Trinajstić information content (AvgIpc) is 2.25. The van der Waals surface area contributed by atoms with Crippen LogP contribution in [0.25, 0.3) is 0 Å². The monoisotopic (exact) mass is 243 g/mol. The normalized spacial score (nSPS) is 10.5. The fourth-order valence-corrected chi connectivity index (χ4v) is 1.33. The van der Waals surface area contributed by atoms with Gasteiger partial charge in [-0.1, -0.05) is 0 Å². The lowest BCUT2D eigenvalue weighted by atomic mass is 10.3. The maximum atomic E-state index is 11.0. The molecule has 0 aliphatic heterocycles.